The minimum Gasteiger partial charge on any atom is -0.369 e. The topological polar surface area (TPSA) is 70.0 Å². The SMILES string of the molecule is Cn1c(=O)c2c(CC(N)=O)csc2n1C. The zero-order valence-corrected chi connectivity index (χ0v) is 9.30. The number of primary amides is 1. The fourth-order valence-electron chi connectivity index (χ4n) is 1.60. The molecule has 0 fully saturated rings. The van der Waals surface area contributed by atoms with Gasteiger partial charge in [-0.2, -0.15) is 0 Å². The number of carbonyl (C=O) groups is 1. The van der Waals surface area contributed by atoms with Crippen molar-refractivity contribution in [1.82, 2.24) is 9.36 Å². The van der Waals surface area contributed by atoms with Gasteiger partial charge in [-0.05, 0) is 10.9 Å². The van der Waals surface area contributed by atoms with Crippen LogP contribution in [0.1, 0.15) is 5.56 Å². The maximum atomic E-state index is 11.8. The van der Waals surface area contributed by atoms with Crippen molar-refractivity contribution in [3.63, 3.8) is 0 Å². The number of nitrogens with two attached hydrogens (primary N) is 1. The molecule has 0 aromatic carbocycles. The van der Waals surface area contributed by atoms with Gasteiger partial charge in [-0.25, -0.2) is 0 Å². The van der Waals surface area contributed by atoms with Crippen molar-refractivity contribution < 1.29 is 4.79 Å². The van der Waals surface area contributed by atoms with Crippen LogP contribution in [-0.2, 0) is 25.3 Å². The monoisotopic (exact) mass is 225 g/mol. The molecule has 5 nitrogen and oxygen atoms in total. The number of fused-ring (bicyclic) bond motifs is 1. The highest BCUT2D eigenvalue weighted by Crippen LogP contribution is 2.23. The summed E-state index contributed by atoms with van der Waals surface area (Å²) < 4.78 is 3.29. The normalized spacial score (nSPS) is 11.1. The Balaban J connectivity index is 2.74. The van der Waals surface area contributed by atoms with Crippen LogP contribution in [0, 0.1) is 0 Å². The van der Waals surface area contributed by atoms with E-state index in [0.717, 1.165) is 10.4 Å². The Labute approximate surface area is 89.7 Å². The number of aromatic nitrogens is 2. The van der Waals surface area contributed by atoms with Gasteiger partial charge in [0.25, 0.3) is 5.56 Å². The van der Waals surface area contributed by atoms with Crippen molar-refractivity contribution in [2.75, 3.05) is 0 Å². The molecule has 1 amide bonds. The largest absolute Gasteiger partial charge is 0.369 e. The Hall–Kier alpha value is -1.56. The van der Waals surface area contributed by atoms with E-state index in [-0.39, 0.29) is 12.0 Å². The van der Waals surface area contributed by atoms with Gasteiger partial charge in [0.15, 0.2) is 0 Å². The Morgan fingerprint density at radius 3 is 2.73 bits per heavy atom. The number of carbonyl (C=O) groups excluding carboxylic acids is 1. The zero-order chi connectivity index (χ0) is 11.2. The van der Waals surface area contributed by atoms with Gasteiger partial charge in [0.05, 0.1) is 11.8 Å². The van der Waals surface area contributed by atoms with Crippen molar-refractivity contribution >= 4 is 27.5 Å². The molecule has 0 spiro atoms. The lowest BCUT2D eigenvalue weighted by Crippen LogP contribution is -2.18. The third-order valence-electron chi connectivity index (χ3n) is 2.46. The smallest absolute Gasteiger partial charge is 0.275 e. The molecule has 2 N–H and O–H groups in total. The zero-order valence-electron chi connectivity index (χ0n) is 8.48. The predicted octanol–water partition coefficient (Wildman–Crippen LogP) is -0.0337. The molecule has 0 atom stereocenters. The Morgan fingerprint density at radius 1 is 1.47 bits per heavy atom. The molecule has 0 aliphatic heterocycles. The van der Waals surface area contributed by atoms with E-state index in [1.807, 2.05) is 12.4 Å². The summed E-state index contributed by atoms with van der Waals surface area (Å²) in [5.74, 6) is -0.416. The first-order valence-electron chi connectivity index (χ1n) is 4.42. The maximum Gasteiger partial charge on any atom is 0.275 e. The summed E-state index contributed by atoms with van der Waals surface area (Å²) in [5, 5.41) is 2.43. The summed E-state index contributed by atoms with van der Waals surface area (Å²) in [4.78, 5) is 23.5. The molecule has 80 valence electrons. The van der Waals surface area contributed by atoms with Crippen molar-refractivity contribution in [3.8, 4) is 0 Å². The molecule has 0 unspecified atom stereocenters. The number of aryl methyl sites for hydroxylation is 1. The lowest BCUT2D eigenvalue weighted by Gasteiger charge is -1.96. The van der Waals surface area contributed by atoms with E-state index in [1.165, 1.54) is 16.0 Å². The second-order valence-corrected chi connectivity index (χ2v) is 4.29. The first kappa shape index (κ1) is 9.97. The van der Waals surface area contributed by atoms with E-state index < -0.39 is 5.91 Å². The second kappa shape index (κ2) is 3.23. The van der Waals surface area contributed by atoms with Crippen LogP contribution in [0.15, 0.2) is 10.2 Å². The van der Waals surface area contributed by atoms with E-state index >= 15 is 0 Å². The maximum absolute atomic E-state index is 11.8. The van der Waals surface area contributed by atoms with Crippen LogP contribution in [0.4, 0.5) is 0 Å². The number of nitrogens with zero attached hydrogens (tertiary/aromatic N) is 2. The molecule has 2 heterocycles. The summed E-state index contributed by atoms with van der Waals surface area (Å²) in [6.07, 6.45) is 0.124. The molecule has 2 aromatic heterocycles. The summed E-state index contributed by atoms with van der Waals surface area (Å²) in [6, 6.07) is 0. The average Bonchev–Trinajstić information content (AvgIpc) is 2.64. The molecule has 0 radical (unpaired) electrons. The first-order valence-corrected chi connectivity index (χ1v) is 5.30. The standard InChI is InChI=1S/C9H11N3O2S/c1-11-8(14)7-5(3-6(10)13)4-15-9(7)12(11)2/h4H,3H2,1-2H3,(H2,10,13). The summed E-state index contributed by atoms with van der Waals surface area (Å²) in [7, 11) is 3.51. The van der Waals surface area contributed by atoms with Gasteiger partial charge in [-0.15, -0.1) is 11.3 Å². The molecule has 2 aromatic rings. The highest BCUT2D eigenvalue weighted by molar-refractivity contribution is 7.17. The lowest BCUT2D eigenvalue weighted by atomic mass is 10.2. The minimum absolute atomic E-state index is 0.0787. The van der Waals surface area contributed by atoms with E-state index in [1.54, 1.807) is 11.7 Å². The van der Waals surface area contributed by atoms with Gasteiger partial charge in [-0.1, -0.05) is 0 Å². The van der Waals surface area contributed by atoms with Crippen molar-refractivity contribution in [3.05, 3.63) is 21.3 Å². The lowest BCUT2D eigenvalue weighted by molar-refractivity contribution is -0.117. The van der Waals surface area contributed by atoms with Crippen LogP contribution >= 0.6 is 11.3 Å². The van der Waals surface area contributed by atoms with Gasteiger partial charge < -0.3 is 5.73 Å². The Bertz CT molecular complexity index is 590. The van der Waals surface area contributed by atoms with E-state index in [0.29, 0.717) is 5.39 Å². The van der Waals surface area contributed by atoms with Gasteiger partial charge in [0.2, 0.25) is 5.91 Å². The molecular formula is C9H11N3O2S. The van der Waals surface area contributed by atoms with E-state index in [2.05, 4.69) is 0 Å². The third-order valence-corrected chi connectivity index (χ3v) is 3.56. The number of hydrogen-bond donors (Lipinski definition) is 1. The van der Waals surface area contributed by atoms with Crippen molar-refractivity contribution in [2.24, 2.45) is 19.8 Å². The number of amides is 1. The molecule has 0 aliphatic rings. The summed E-state index contributed by atoms with van der Waals surface area (Å²) in [6.45, 7) is 0. The molecule has 6 heteroatoms. The number of thiophene rings is 1. The molecular weight excluding hydrogens is 214 g/mol. The third kappa shape index (κ3) is 1.37. The summed E-state index contributed by atoms with van der Waals surface area (Å²) in [5.41, 5.74) is 5.77. The Kier molecular flexibility index (Phi) is 2.15. The van der Waals surface area contributed by atoms with Crippen LogP contribution in [0.5, 0.6) is 0 Å². The van der Waals surface area contributed by atoms with E-state index in [9.17, 15) is 9.59 Å². The fraction of sp³-hybridized carbons (Fsp3) is 0.333. The minimum atomic E-state index is -0.416. The molecule has 15 heavy (non-hydrogen) atoms. The van der Waals surface area contributed by atoms with Crippen molar-refractivity contribution in [2.45, 2.75) is 6.42 Å². The molecule has 0 saturated carbocycles. The molecule has 0 saturated heterocycles. The first-order chi connectivity index (χ1) is 7.02. The predicted molar refractivity (Wildman–Crippen MR) is 58.9 cm³/mol. The van der Waals surface area contributed by atoms with Crippen molar-refractivity contribution in [1.29, 1.82) is 0 Å². The molecule has 0 aliphatic carbocycles. The molecule has 2 rings (SSSR count). The highest BCUT2D eigenvalue weighted by Gasteiger charge is 2.15. The quantitative estimate of drug-likeness (QED) is 0.779. The van der Waals surface area contributed by atoms with Gasteiger partial charge >= 0.3 is 0 Å². The molecule has 0 bridgehead atoms. The average molecular weight is 225 g/mol. The second-order valence-electron chi connectivity index (χ2n) is 3.44. The van der Waals surface area contributed by atoms with Crippen LogP contribution in [-0.4, -0.2) is 15.3 Å². The Morgan fingerprint density at radius 2 is 2.13 bits per heavy atom. The summed E-state index contributed by atoms with van der Waals surface area (Å²) >= 11 is 1.45. The number of hydrogen-bond acceptors (Lipinski definition) is 3. The van der Waals surface area contributed by atoms with Crippen LogP contribution in [0.25, 0.3) is 10.2 Å². The fourth-order valence-corrected chi connectivity index (χ4v) is 2.67. The number of rotatable bonds is 2. The van der Waals surface area contributed by atoms with Crippen LogP contribution in [0.2, 0.25) is 0 Å². The highest BCUT2D eigenvalue weighted by atomic mass is 32.1. The van der Waals surface area contributed by atoms with Gasteiger partial charge in [-0.3, -0.25) is 19.0 Å². The van der Waals surface area contributed by atoms with Crippen LogP contribution in [0.3, 0.4) is 0 Å². The van der Waals surface area contributed by atoms with Crippen LogP contribution < -0.4 is 11.3 Å². The van der Waals surface area contributed by atoms with Gasteiger partial charge in [0.1, 0.15) is 4.83 Å². The van der Waals surface area contributed by atoms with Gasteiger partial charge in [0, 0.05) is 14.1 Å². The van der Waals surface area contributed by atoms with E-state index in [4.69, 9.17) is 5.73 Å².